The predicted octanol–water partition coefficient (Wildman–Crippen LogP) is 4.51. The lowest BCUT2D eigenvalue weighted by atomic mass is 10.1. The fourth-order valence-corrected chi connectivity index (χ4v) is 1.65. The summed E-state index contributed by atoms with van der Waals surface area (Å²) >= 11 is 0. The molecule has 0 aliphatic heterocycles. The van der Waals surface area contributed by atoms with Crippen molar-refractivity contribution in [2.75, 3.05) is 14.2 Å². The molecule has 0 bridgehead atoms. The van der Waals surface area contributed by atoms with E-state index >= 15 is 0 Å². The lowest BCUT2D eigenvalue weighted by molar-refractivity contribution is -0.419. The number of benzene rings is 1. The van der Waals surface area contributed by atoms with Crippen molar-refractivity contribution in [3.05, 3.63) is 41.4 Å². The molecular formula is C15H9F9O6. The van der Waals surface area contributed by atoms with Crippen LogP contribution in [0, 0.1) is 0 Å². The maximum atomic E-state index is 13.6. The Balaban J connectivity index is 3.26. The van der Waals surface area contributed by atoms with Gasteiger partial charge in [0, 0.05) is 0 Å². The Hall–Kier alpha value is -3.13. The number of alkyl halides is 7. The molecule has 0 amide bonds. The molecule has 1 aromatic rings. The molecule has 0 unspecified atom stereocenters. The Morgan fingerprint density at radius 2 is 1.20 bits per heavy atom. The van der Waals surface area contributed by atoms with Gasteiger partial charge in [-0.1, -0.05) is 0 Å². The zero-order chi connectivity index (χ0) is 23.5. The van der Waals surface area contributed by atoms with E-state index in [0.717, 1.165) is 20.3 Å². The van der Waals surface area contributed by atoms with Crippen LogP contribution in [0.3, 0.4) is 0 Å². The number of rotatable bonds is 7. The topological polar surface area (TPSA) is 71.1 Å². The quantitative estimate of drug-likeness (QED) is 0.342. The van der Waals surface area contributed by atoms with Crippen LogP contribution < -0.4 is 4.74 Å². The number of ether oxygens (including phenoxy) is 4. The number of carbonyl (C=O) groups is 2. The molecule has 0 radical (unpaired) electrons. The highest BCUT2D eigenvalue weighted by molar-refractivity contribution is 5.96. The minimum absolute atomic E-state index is 0.515. The van der Waals surface area contributed by atoms with Gasteiger partial charge in [-0.15, -0.1) is 0 Å². The van der Waals surface area contributed by atoms with Crippen molar-refractivity contribution in [3.63, 3.8) is 0 Å². The van der Waals surface area contributed by atoms with Crippen molar-refractivity contribution in [3.8, 4) is 5.75 Å². The highest BCUT2D eigenvalue weighted by Crippen LogP contribution is 2.48. The van der Waals surface area contributed by atoms with E-state index in [1.807, 2.05) is 0 Å². The first-order valence-corrected chi connectivity index (χ1v) is 7.13. The van der Waals surface area contributed by atoms with Gasteiger partial charge in [0.05, 0.1) is 25.3 Å². The molecule has 0 saturated carbocycles. The van der Waals surface area contributed by atoms with Gasteiger partial charge in [0.25, 0.3) is 0 Å². The lowest BCUT2D eigenvalue weighted by Gasteiger charge is -2.26. The molecule has 0 heterocycles. The first-order chi connectivity index (χ1) is 13.6. The van der Waals surface area contributed by atoms with Crippen molar-refractivity contribution < 1.29 is 68.1 Å². The summed E-state index contributed by atoms with van der Waals surface area (Å²) in [6.45, 7) is 0. The molecular weight excluding hydrogens is 447 g/mol. The lowest BCUT2D eigenvalue weighted by Crippen LogP contribution is -2.53. The van der Waals surface area contributed by atoms with Gasteiger partial charge in [-0.25, -0.2) is 9.59 Å². The Bertz CT molecular complexity index is 813. The second kappa shape index (κ2) is 8.71. The zero-order valence-electron chi connectivity index (χ0n) is 14.6. The minimum atomic E-state index is -6.89. The van der Waals surface area contributed by atoms with Gasteiger partial charge < -0.3 is 18.9 Å². The smallest absolute Gasteiger partial charge is 0.465 e. The van der Waals surface area contributed by atoms with Crippen LogP contribution in [0.1, 0.15) is 20.7 Å². The molecule has 0 saturated heterocycles. The Kier molecular flexibility index (Phi) is 7.23. The minimum Gasteiger partial charge on any atom is -0.465 e. The van der Waals surface area contributed by atoms with Gasteiger partial charge in [-0.3, -0.25) is 0 Å². The van der Waals surface area contributed by atoms with Crippen LogP contribution in [-0.4, -0.2) is 44.4 Å². The highest BCUT2D eigenvalue weighted by Gasteiger charge is 2.76. The molecule has 168 valence electrons. The highest BCUT2D eigenvalue weighted by atomic mass is 19.4. The molecule has 0 fully saturated rings. The number of hydrogen-bond donors (Lipinski definition) is 0. The molecule has 15 heteroatoms. The van der Waals surface area contributed by atoms with E-state index in [0.29, 0.717) is 12.1 Å². The third-order valence-electron chi connectivity index (χ3n) is 3.05. The second-order valence-corrected chi connectivity index (χ2v) is 5.07. The van der Waals surface area contributed by atoms with Gasteiger partial charge in [0.2, 0.25) is 0 Å². The van der Waals surface area contributed by atoms with Crippen LogP contribution in [0.5, 0.6) is 5.75 Å². The van der Waals surface area contributed by atoms with Crippen molar-refractivity contribution >= 4 is 11.9 Å². The van der Waals surface area contributed by atoms with Gasteiger partial charge in [0.15, 0.2) is 0 Å². The second-order valence-electron chi connectivity index (χ2n) is 5.07. The monoisotopic (exact) mass is 456 g/mol. The number of hydrogen-bond acceptors (Lipinski definition) is 6. The predicted molar refractivity (Wildman–Crippen MR) is 76.0 cm³/mol. The van der Waals surface area contributed by atoms with Gasteiger partial charge >= 0.3 is 42.2 Å². The zero-order valence-corrected chi connectivity index (χ0v) is 14.6. The largest absolute Gasteiger partial charge is 0.476 e. The molecule has 0 N–H and O–H groups in total. The summed E-state index contributed by atoms with van der Waals surface area (Å²) in [5.74, 6) is -10.1. The maximum absolute atomic E-state index is 13.6. The standard InChI is InChI=1S/C15H9F9O6/c1-27-11(25)6-3-7(12(26)28-2)5-8(4-6)29-9(16)10(17)30-15(23,24)13(18,19)14(20,21)22/h3-5H,1-2H3/b10-9+. The summed E-state index contributed by atoms with van der Waals surface area (Å²) < 4.78 is 129. The molecule has 0 aliphatic carbocycles. The Labute approximate surface area is 160 Å². The van der Waals surface area contributed by atoms with Gasteiger partial charge in [-0.2, -0.15) is 39.5 Å². The third-order valence-corrected chi connectivity index (χ3v) is 3.05. The van der Waals surface area contributed by atoms with Gasteiger partial charge in [0.1, 0.15) is 5.75 Å². The molecule has 1 aromatic carbocycles. The number of esters is 2. The van der Waals surface area contributed by atoms with Crippen molar-refractivity contribution in [2.24, 2.45) is 0 Å². The summed E-state index contributed by atoms with van der Waals surface area (Å²) in [6, 6.07) is -4.09. The van der Waals surface area contributed by atoms with E-state index in [-0.39, 0.29) is 0 Å². The Morgan fingerprint density at radius 3 is 1.57 bits per heavy atom. The number of halogens is 9. The summed E-state index contributed by atoms with van der Waals surface area (Å²) in [6.07, 6.45) is -13.4. The summed E-state index contributed by atoms with van der Waals surface area (Å²) in [4.78, 5) is 23.0. The van der Waals surface area contributed by atoms with E-state index in [9.17, 15) is 49.1 Å². The van der Waals surface area contributed by atoms with Crippen molar-refractivity contribution in [1.29, 1.82) is 0 Å². The van der Waals surface area contributed by atoms with Crippen molar-refractivity contribution in [1.82, 2.24) is 0 Å². The molecule has 6 nitrogen and oxygen atoms in total. The summed E-state index contributed by atoms with van der Waals surface area (Å²) in [5, 5.41) is 0. The average Bonchev–Trinajstić information content (AvgIpc) is 2.64. The van der Waals surface area contributed by atoms with E-state index in [4.69, 9.17) is 0 Å². The van der Waals surface area contributed by atoms with Crippen LogP contribution in [0.4, 0.5) is 39.5 Å². The maximum Gasteiger partial charge on any atom is 0.476 e. The first-order valence-electron chi connectivity index (χ1n) is 7.13. The van der Waals surface area contributed by atoms with Crippen LogP contribution in [0.25, 0.3) is 0 Å². The molecule has 0 aliphatic rings. The van der Waals surface area contributed by atoms with E-state index < -0.39 is 59.0 Å². The van der Waals surface area contributed by atoms with Crippen LogP contribution in [0.15, 0.2) is 30.2 Å². The summed E-state index contributed by atoms with van der Waals surface area (Å²) in [7, 11) is 1.79. The van der Waals surface area contributed by atoms with Crippen molar-refractivity contribution in [2.45, 2.75) is 18.2 Å². The van der Waals surface area contributed by atoms with E-state index in [1.54, 1.807) is 0 Å². The molecule has 1 rings (SSSR count). The normalized spacial score (nSPS) is 13.3. The first kappa shape index (κ1) is 24.9. The fraction of sp³-hybridized carbons (Fsp3) is 0.333. The molecule has 30 heavy (non-hydrogen) atoms. The number of methoxy groups -OCH3 is 2. The Morgan fingerprint density at radius 1 is 0.767 bits per heavy atom. The third kappa shape index (κ3) is 5.27. The van der Waals surface area contributed by atoms with Gasteiger partial charge in [-0.05, 0) is 18.2 Å². The molecule has 0 spiro atoms. The van der Waals surface area contributed by atoms with Crippen LogP contribution in [0.2, 0.25) is 0 Å². The van der Waals surface area contributed by atoms with Crippen LogP contribution >= 0.6 is 0 Å². The van der Waals surface area contributed by atoms with Crippen LogP contribution in [-0.2, 0) is 14.2 Å². The number of carbonyl (C=O) groups excluding carboxylic acids is 2. The SMILES string of the molecule is COC(=O)c1cc(O/C(F)=C(\F)OC(F)(F)C(F)(F)C(F)(F)F)cc(C(=O)OC)c1. The molecule has 0 aromatic heterocycles. The fourth-order valence-electron chi connectivity index (χ4n) is 1.65. The average molecular weight is 456 g/mol. The summed E-state index contributed by atoms with van der Waals surface area (Å²) in [5.41, 5.74) is -1.03. The molecule has 0 atom stereocenters. The van der Waals surface area contributed by atoms with E-state index in [1.165, 1.54) is 0 Å². The van der Waals surface area contributed by atoms with E-state index in [2.05, 4.69) is 18.9 Å².